The first kappa shape index (κ1) is 14.2. The van der Waals surface area contributed by atoms with Gasteiger partial charge >= 0.3 is 0 Å². The van der Waals surface area contributed by atoms with Gasteiger partial charge in [0, 0.05) is 6.04 Å². The zero-order chi connectivity index (χ0) is 13.5. The normalized spacial score (nSPS) is 14.0. The lowest BCUT2D eigenvalue weighted by Gasteiger charge is -2.17. The molecule has 0 aliphatic carbocycles. The van der Waals surface area contributed by atoms with Crippen LogP contribution in [0.4, 0.5) is 0 Å². The summed E-state index contributed by atoms with van der Waals surface area (Å²) in [5.41, 5.74) is 1.36. The number of nitrogens with one attached hydrogen (secondary N) is 1. The van der Waals surface area contributed by atoms with Gasteiger partial charge < -0.3 is 5.32 Å². The Balaban J connectivity index is 1.78. The third-order valence-corrected chi connectivity index (χ3v) is 5.47. The molecule has 100 valence electrons. The van der Waals surface area contributed by atoms with Crippen molar-refractivity contribution in [3.63, 3.8) is 0 Å². The van der Waals surface area contributed by atoms with E-state index in [4.69, 9.17) is 0 Å². The molecule has 2 aromatic rings. The first-order valence-electron chi connectivity index (χ1n) is 6.82. The highest BCUT2D eigenvalue weighted by molar-refractivity contribution is 7.64. The molecule has 19 heavy (non-hydrogen) atoms. The average molecular weight is 271 g/mol. The smallest absolute Gasteiger partial charge is 0.0291 e. The molecule has 2 rings (SSSR count). The second-order valence-corrected chi connectivity index (χ2v) is 7.20. The minimum atomic E-state index is -0.0377. The van der Waals surface area contributed by atoms with Crippen LogP contribution in [0.3, 0.4) is 0 Å². The van der Waals surface area contributed by atoms with Gasteiger partial charge in [0.2, 0.25) is 0 Å². The van der Waals surface area contributed by atoms with Crippen molar-refractivity contribution in [2.24, 2.45) is 0 Å². The molecule has 0 fully saturated rings. The summed E-state index contributed by atoms with van der Waals surface area (Å²) < 4.78 is 0. The van der Waals surface area contributed by atoms with Crippen molar-refractivity contribution in [2.45, 2.75) is 13.0 Å². The first-order valence-corrected chi connectivity index (χ1v) is 8.79. The van der Waals surface area contributed by atoms with E-state index in [1.54, 1.807) is 0 Å². The lowest BCUT2D eigenvalue weighted by Crippen LogP contribution is -2.22. The fourth-order valence-corrected chi connectivity index (χ4v) is 3.52. The highest BCUT2D eigenvalue weighted by atomic mass is 31.1. The zero-order valence-corrected chi connectivity index (χ0v) is 12.6. The Morgan fingerprint density at radius 3 is 2.16 bits per heavy atom. The zero-order valence-electron chi connectivity index (χ0n) is 11.7. The summed E-state index contributed by atoms with van der Waals surface area (Å²) in [6.07, 6.45) is 1.23. The number of benzene rings is 2. The molecule has 0 saturated carbocycles. The molecule has 0 amide bonds. The van der Waals surface area contributed by atoms with Crippen molar-refractivity contribution in [3.8, 4) is 0 Å². The first-order chi connectivity index (χ1) is 9.27. The molecule has 0 unspecified atom stereocenters. The maximum Gasteiger partial charge on any atom is 0.0291 e. The lowest BCUT2D eigenvalue weighted by atomic mass is 10.1. The van der Waals surface area contributed by atoms with Gasteiger partial charge in [-0.1, -0.05) is 68.6 Å². The summed E-state index contributed by atoms with van der Waals surface area (Å²) in [5, 5.41) is 5.11. The molecule has 0 saturated heterocycles. The Bertz CT molecular complexity index is 424. The minimum absolute atomic E-state index is 0.0377. The Morgan fingerprint density at radius 1 is 0.947 bits per heavy atom. The Labute approximate surface area is 117 Å². The molecular weight excluding hydrogens is 249 g/mol. The van der Waals surface area contributed by atoms with Gasteiger partial charge in [0.15, 0.2) is 0 Å². The summed E-state index contributed by atoms with van der Waals surface area (Å²) in [6.45, 7) is 5.67. The number of hydrogen-bond donors (Lipinski definition) is 1. The van der Waals surface area contributed by atoms with Crippen LogP contribution in [0.1, 0.15) is 18.5 Å². The van der Waals surface area contributed by atoms with Crippen LogP contribution in [0.15, 0.2) is 60.7 Å². The van der Waals surface area contributed by atoms with Gasteiger partial charge in [-0.15, -0.1) is 0 Å². The summed E-state index contributed by atoms with van der Waals surface area (Å²) in [5.74, 6) is 0. The van der Waals surface area contributed by atoms with Crippen molar-refractivity contribution < 1.29 is 0 Å². The van der Waals surface area contributed by atoms with E-state index in [-0.39, 0.29) is 7.92 Å². The van der Waals surface area contributed by atoms with Gasteiger partial charge in [-0.2, -0.15) is 0 Å². The van der Waals surface area contributed by atoms with E-state index >= 15 is 0 Å². The summed E-state index contributed by atoms with van der Waals surface area (Å²) >= 11 is 0. The standard InChI is InChI=1S/C17H22NP/c1-15(16-9-5-3-6-10-16)18-13-14-19(2)17-11-7-4-8-12-17/h3-12,15,18H,13-14H2,1-2H3/t15-,19-/m0/s1. The van der Waals surface area contributed by atoms with Gasteiger partial charge in [0.05, 0.1) is 0 Å². The van der Waals surface area contributed by atoms with Crippen molar-refractivity contribution in [1.29, 1.82) is 0 Å². The Morgan fingerprint density at radius 2 is 1.53 bits per heavy atom. The molecule has 2 atom stereocenters. The van der Waals surface area contributed by atoms with Gasteiger partial charge in [-0.05, 0) is 37.2 Å². The molecule has 2 heteroatoms. The quantitative estimate of drug-likeness (QED) is 0.789. The molecular formula is C17H22NP. The molecule has 0 aliphatic heterocycles. The molecule has 1 nitrogen and oxygen atoms in total. The Hall–Kier alpha value is -1.17. The SMILES string of the molecule is C[C@H](NCC[P@](C)c1ccccc1)c1ccccc1. The van der Waals surface area contributed by atoms with E-state index in [9.17, 15) is 0 Å². The van der Waals surface area contributed by atoms with Crippen molar-refractivity contribution in [3.05, 3.63) is 66.2 Å². The molecule has 0 bridgehead atoms. The van der Waals surface area contributed by atoms with Crippen molar-refractivity contribution in [2.75, 3.05) is 19.4 Å². The van der Waals surface area contributed by atoms with Crippen LogP contribution in [0, 0.1) is 0 Å². The number of hydrogen-bond acceptors (Lipinski definition) is 1. The predicted octanol–water partition coefficient (Wildman–Crippen LogP) is 3.77. The van der Waals surface area contributed by atoms with Gasteiger partial charge in [-0.3, -0.25) is 0 Å². The molecule has 0 radical (unpaired) electrons. The largest absolute Gasteiger partial charge is 0.310 e. The molecule has 0 heterocycles. The van der Waals surface area contributed by atoms with Crippen molar-refractivity contribution >= 4 is 13.2 Å². The summed E-state index contributed by atoms with van der Waals surface area (Å²) in [6, 6.07) is 21.9. The summed E-state index contributed by atoms with van der Waals surface area (Å²) in [7, 11) is -0.0377. The van der Waals surface area contributed by atoms with Crippen LogP contribution in [-0.4, -0.2) is 19.4 Å². The Kier molecular flexibility index (Phi) is 5.57. The number of rotatable bonds is 6. The van der Waals surface area contributed by atoms with E-state index in [1.165, 1.54) is 17.0 Å². The van der Waals surface area contributed by atoms with Gasteiger partial charge in [0.1, 0.15) is 0 Å². The fraction of sp³-hybridized carbons (Fsp3) is 0.294. The molecule has 0 aliphatic rings. The van der Waals surface area contributed by atoms with Gasteiger partial charge in [-0.25, -0.2) is 0 Å². The second-order valence-electron chi connectivity index (χ2n) is 4.84. The van der Waals surface area contributed by atoms with Gasteiger partial charge in [0.25, 0.3) is 0 Å². The fourth-order valence-electron chi connectivity index (χ4n) is 2.12. The molecule has 1 N–H and O–H groups in total. The van der Waals surface area contributed by atoms with E-state index < -0.39 is 0 Å². The van der Waals surface area contributed by atoms with Crippen molar-refractivity contribution in [1.82, 2.24) is 5.32 Å². The van der Waals surface area contributed by atoms with Crippen LogP contribution in [-0.2, 0) is 0 Å². The highest BCUT2D eigenvalue weighted by Crippen LogP contribution is 2.28. The summed E-state index contributed by atoms with van der Waals surface area (Å²) in [4.78, 5) is 0. The topological polar surface area (TPSA) is 12.0 Å². The third kappa shape index (κ3) is 4.45. The minimum Gasteiger partial charge on any atom is -0.310 e. The predicted molar refractivity (Wildman–Crippen MR) is 86.6 cm³/mol. The second kappa shape index (κ2) is 7.43. The highest BCUT2D eigenvalue weighted by Gasteiger charge is 2.06. The molecule has 2 aromatic carbocycles. The van der Waals surface area contributed by atoms with E-state index in [2.05, 4.69) is 79.6 Å². The monoisotopic (exact) mass is 271 g/mol. The van der Waals surface area contributed by atoms with Crippen LogP contribution in [0.5, 0.6) is 0 Å². The molecule has 0 aromatic heterocycles. The lowest BCUT2D eigenvalue weighted by molar-refractivity contribution is 0.600. The average Bonchev–Trinajstić information content (AvgIpc) is 2.49. The van der Waals surface area contributed by atoms with Crippen LogP contribution in [0.2, 0.25) is 0 Å². The van der Waals surface area contributed by atoms with E-state index in [0.29, 0.717) is 6.04 Å². The third-order valence-electron chi connectivity index (χ3n) is 3.39. The molecule has 0 spiro atoms. The van der Waals surface area contributed by atoms with Crippen LogP contribution >= 0.6 is 7.92 Å². The maximum absolute atomic E-state index is 3.62. The van der Waals surface area contributed by atoms with E-state index in [1.807, 2.05) is 0 Å². The maximum atomic E-state index is 3.62. The van der Waals surface area contributed by atoms with Crippen LogP contribution in [0.25, 0.3) is 0 Å². The van der Waals surface area contributed by atoms with E-state index in [0.717, 1.165) is 6.54 Å². The van der Waals surface area contributed by atoms with Crippen LogP contribution < -0.4 is 10.6 Å².